The van der Waals surface area contributed by atoms with Gasteiger partial charge < -0.3 is 15.0 Å². The Hall–Kier alpha value is -3.84. The van der Waals surface area contributed by atoms with Crippen LogP contribution in [0, 0.1) is 34.2 Å². The Balaban J connectivity index is 1.70. The van der Waals surface area contributed by atoms with Crippen molar-refractivity contribution in [2.24, 2.45) is 5.41 Å². The van der Waals surface area contributed by atoms with Crippen molar-refractivity contribution >= 4 is 5.82 Å². The SMILES string of the molecule is COc1ccc(-n2c(-c3ccc(C#N)c(F)c3)nc(N3CCC4(CCNC4)C3)c(F)c2=O)cc1F. The van der Waals surface area contributed by atoms with Crippen molar-refractivity contribution in [1.82, 2.24) is 14.9 Å². The molecule has 0 aliphatic carbocycles. The molecule has 2 aliphatic rings. The number of hydrogen-bond donors (Lipinski definition) is 1. The summed E-state index contributed by atoms with van der Waals surface area (Å²) in [7, 11) is 1.30. The van der Waals surface area contributed by atoms with Gasteiger partial charge in [-0.2, -0.15) is 9.65 Å². The van der Waals surface area contributed by atoms with Crippen molar-refractivity contribution in [3.05, 3.63) is 69.8 Å². The van der Waals surface area contributed by atoms with E-state index in [0.29, 0.717) is 13.1 Å². The van der Waals surface area contributed by atoms with Crippen LogP contribution in [0.1, 0.15) is 18.4 Å². The van der Waals surface area contributed by atoms with Crippen LogP contribution < -0.4 is 20.5 Å². The highest BCUT2D eigenvalue weighted by Gasteiger charge is 2.42. The van der Waals surface area contributed by atoms with Crippen LogP contribution in [0.15, 0.2) is 41.2 Å². The van der Waals surface area contributed by atoms with Gasteiger partial charge in [0.05, 0.1) is 18.4 Å². The molecule has 1 spiro atoms. The van der Waals surface area contributed by atoms with Crippen molar-refractivity contribution in [2.45, 2.75) is 12.8 Å². The van der Waals surface area contributed by atoms with E-state index in [1.165, 1.54) is 31.4 Å². The summed E-state index contributed by atoms with van der Waals surface area (Å²) in [6.07, 6.45) is 1.77. The van der Waals surface area contributed by atoms with Crippen LogP contribution in [-0.2, 0) is 0 Å². The summed E-state index contributed by atoms with van der Waals surface area (Å²) < 4.78 is 50.4. The monoisotopic (exact) mass is 481 g/mol. The zero-order chi connectivity index (χ0) is 24.7. The van der Waals surface area contributed by atoms with Crippen LogP contribution in [0.5, 0.6) is 5.75 Å². The normalized spacial score (nSPS) is 19.3. The van der Waals surface area contributed by atoms with E-state index in [1.807, 2.05) is 0 Å². The maximum atomic E-state index is 15.5. The predicted molar refractivity (Wildman–Crippen MR) is 123 cm³/mol. The van der Waals surface area contributed by atoms with E-state index in [1.54, 1.807) is 11.0 Å². The average Bonchev–Trinajstić information content (AvgIpc) is 3.50. The topological polar surface area (TPSA) is 83.2 Å². The minimum atomic E-state index is -1.07. The molecule has 0 radical (unpaired) electrons. The fraction of sp³-hybridized carbons (Fsp3) is 0.320. The number of benzene rings is 2. The standard InChI is InChI=1S/C25H22F3N5O2/c1-35-20-5-4-17(11-19(20)27)33-22(15-2-3-16(12-29)18(26)10-15)31-23(21(28)24(33)34)32-9-7-25(14-32)6-8-30-13-25/h2-5,10-11,30H,6-9,13-14H2,1H3. The first-order valence-electron chi connectivity index (χ1n) is 11.2. The van der Waals surface area contributed by atoms with E-state index in [4.69, 9.17) is 10.00 Å². The summed E-state index contributed by atoms with van der Waals surface area (Å²) in [5.41, 5.74) is -1.08. The van der Waals surface area contributed by atoms with E-state index in [-0.39, 0.29) is 39.6 Å². The quantitative estimate of drug-likeness (QED) is 0.615. The third kappa shape index (κ3) is 3.91. The van der Waals surface area contributed by atoms with Crippen LogP contribution in [0.4, 0.5) is 19.0 Å². The fourth-order valence-corrected chi connectivity index (χ4v) is 4.93. The second-order valence-corrected chi connectivity index (χ2v) is 8.94. The summed E-state index contributed by atoms with van der Waals surface area (Å²) in [6.45, 7) is 2.74. The van der Waals surface area contributed by atoms with Crippen LogP contribution in [-0.4, -0.2) is 42.8 Å². The molecule has 180 valence electrons. The highest BCUT2D eigenvalue weighted by atomic mass is 19.1. The van der Waals surface area contributed by atoms with Gasteiger partial charge in [0.2, 0.25) is 5.82 Å². The zero-order valence-corrected chi connectivity index (χ0v) is 18.9. The second kappa shape index (κ2) is 8.74. The Morgan fingerprint density at radius 3 is 2.63 bits per heavy atom. The molecule has 5 rings (SSSR count). The summed E-state index contributed by atoms with van der Waals surface area (Å²) in [4.78, 5) is 19.6. The molecule has 35 heavy (non-hydrogen) atoms. The molecule has 1 N–H and O–H groups in total. The second-order valence-electron chi connectivity index (χ2n) is 8.94. The molecule has 3 aromatic rings. The van der Waals surface area contributed by atoms with Gasteiger partial charge in [-0.15, -0.1) is 0 Å². The van der Waals surface area contributed by atoms with Crippen LogP contribution in [0.3, 0.4) is 0 Å². The maximum Gasteiger partial charge on any atom is 0.296 e. The van der Waals surface area contributed by atoms with E-state index >= 15 is 4.39 Å². The fourth-order valence-electron chi connectivity index (χ4n) is 4.93. The van der Waals surface area contributed by atoms with Crippen molar-refractivity contribution in [2.75, 3.05) is 38.2 Å². The molecule has 1 aromatic heterocycles. The van der Waals surface area contributed by atoms with Crippen molar-refractivity contribution in [1.29, 1.82) is 5.26 Å². The number of rotatable bonds is 4. The minimum absolute atomic E-state index is 0.00361. The van der Waals surface area contributed by atoms with Gasteiger partial charge in [0.15, 0.2) is 17.4 Å². The van der Waals surface area contributed by atoms with Crippen molar-refractivity contribution in [3.8, 4) is 28.9 Å². The highest BCUT2D eigenvalue weighted by molar-refractivity contribution is 5.63. The number of hydrogen-bond acceptors (Lipinski definition) is 6. The lowest BCUT2D eigenvalue weighted by Gasteiger charge is -2.24. The molecule has 10 heteroatoms. The Labute approximate surface area is 199 Å². The van der Waals surface area contributed by atoms with Gasteiger partial charge in [-0.25, -0.2) is 13.8 Å². The molecule has 0 bridgehead atoms. The molecule has 0 amide bonds. The smallest absolute Gasteiger partial charge is 0.296 e. The molecule has 2 aromatic carbocycles. The Bertz CT molecular complexity index is 1410. The van der Waals surface area contributed by atoms with E-state index in [2.05, 4.69) is 10.3 Å². The van der Waals surface area contributed by atoms with Gasteiger partial charge >= 0.3 is 0 Å². The molecule has 7 nitrogen and oxygen atoms in total. The third-order valence-electron chi connectivity index (χ3n) is 6.82. The van der Waals surface area contributed by atoms with Gasteiger partial charge in [0.1, 0.15) is 17.7 Å². The largest absolute Gasteiger partial charge is 0.494 e. The number of nitrogens with zero attached hydrogens (tertiary/aromatic N) is 4. The van der Waals surface area contributed by atoms with Crippen LogP contribution >= 0.6 is 0 Å². The number of aromatic nitrogens is 2. The van der Waals surface area contributed by atoms with E-state index in [0.717, 1.165) is 42.6 Å². The van der Waals surface area contributed by atoms with Crippen molar-refractivity contribution < 1.29 is 17.9 Å². The number of methoxy groups -OCH3 is 1. The summed E-state index contributed by atoms with van der Waals surface area (Å²) in [5.74, 6) is -2.87. The first-order chi connectivity index (χ1) is 16.9. The third-order valence-corrected chi connectivity index (χ3v) is 6.82. The molecule has 1 atom stereocenters. The Morgan fingerprint density at radius 1 is 1.14 bits per heavy atom. The lowest BCUT2D eigenvalue weighted by Crippen LogP contribution is -2.33. The minimum Gasteiger partial charge on any atom is -0.494 e. The number of halogens is 3. The molecule has 3 heterocycles. The molecule has 1 unspecified atom stereocenters. The summed E-state index contributed by atoms with van der Waals surface area (Å²) in [5, 5.41) is 12.4. The summed E-state index contributed by atoms with van der Waals surface area (Å²) >= 11 is 0. The maximum absolute atomic E-state index is 15.5. The van der Waals surface area contributed by atoms with Crippen LogP contribution in [0.2, 0.25) is 0 Å². The highest BCUT2D eigenvalue weighted by Crippen LogP contribution is 2.38. The van der Waals surface area contributed by atoms with Gasteiger partial charge in [-0.1, -0.05) is 0 Å². The first-order valence-corrected chi connectivity index (χ1v) is 11.2. The van der Waals surface area contributed by atoms with Crippen molar-refractivity contribution in [3.63, 3.8) is 0 Å². The van der Waals surface area contributed by atoms with E-state index < -0.39 is 23.0 Å². The van der Waals surface area contributed by atoms with Gasteiger partial charge in [0.25, 0.3) is 5.56 Å². The lowest BCUT2D eigenvalue weighted by atomic mass is 9.87. The Morgan fingerprint density at radius 2 is 1.97 bits per heavy atom. The molecular formula is C25H22F3N5O2. The first kappa shape index (κ1) is 22.9. The predicted octanol–water partition coefficient (Wildman–Crippen LogP) is 3.39. The Kier molecular flexibility index (Phi) is 5.73. The van der Waals surface area contributed by atoms with Gasteiger partial charge in [-0.05, 0) is 49.7 Å². The summed E-state index contributed by atoms with van der Waals surface area (Å²) in [6, 6.07) is 9.21. The molecule has 0 saturated carbocycles. The number of nitriles is 1. The van der Waals surface area contributed by atoms with Crippen LogP contribution in [0.25, 0.3) is 17.1 Å². The zero-order valence-electron chi connectivity index (χ0n) is 18.9. The number of nitrogens with one attached hydrogen (secondary N) is 1. The molecule has 2 saturated heterocycles. The molecule has 2 fully saturated rings. The van der Waals surface area contributed by atoms with Gasteiger partial charge in [-0.3, -0.25) is 9.36 Å². The van der Waals surface area contributed by atoms with Gasteiger partial charge in [0, 0.05) is 36.7 Å². The van der Waals surface area contributed by atoms with E-state index in [9.17, 15) is 13.6 Å². The number of anilines is 1. The number of ether oxygens (including phenoxy) is 1. The molecule has 2 aliphatic heterocycles. The lowest BCUT2D eigenvalue weighted by molar-refractivity contribution is 0.369. The molecular weight excluding hydrogens is 459 g/mol. The average molecular weight is 481 g/mol.